The van der Waals surface area contributed by atoms with Gasteiger partial charge in [0, 0.05) is 6.04 Å². The van der Waals surface area contributed by atoms with Crippen LogP contribution in [0.15, 0.2) is 0 Å². The topological polar surface area (TPSA) is 29.1 Å². The maximum absolute atomic E-state index is 10.9. The lowest BCUT2D eigenvalue weighted by molar-refractivity contribution is -0.121. The normalized spacial score (nSPS) is 21.4. The Bertz CT molecular complexity index is 132. The summed E-state index contributed by atoms with van der Waals surface area (Å²) < 4.78 is 0. The lowest BCUT2D eigenvalue weighted by Crippen LogP contribution is -2.42. The van der Waals surface area contributed by atoms with E-state index in [4.69, 9.17) is 11.6 Å². The van der Waals surface area contributed by atoms with Crippen LogP contribution in [0.4, 0.5) is 0 Å². The molecule has 1 aliphatic carbocycles. The predicted octanol–water partition coefficient (Wildman–Crippen LogP) is 1.28. The summed E-state index contributed by atoms with van der Waals surface area (Å²) in [5.74, 6) is -0.0358. The summed E-state index contributed by atoms with van der Waals surface area (Å²) in [6, 6.07) is 0.411. The molecule has 1 saturated carbocycles. The summed E-state index contributed by atoms with van der Waals surface area (Å²) in [6.07, 6.45) is 3.48. The zero-order valence-electron chi connectivity index (χ0n) is 6.06. The Morgan fingerprint density at radius 2 is 2.30 bits per heavy atom. The zero-order valence-corrected chi connectivity index (χ0v) is 6.82. The summed E-state index contributed by atoms with van der Waals surface area (Å²) in [5.41, 5.74) is 0. The van der Waals surface area contributed by atoms with Crippen LogP contribution in [0, 0.1) is 0 Å². The van der Waals surface area contributed by atoms with Crippen molar-refractivity contribution in [1.29, 1.82) is 0 Å². The van der Waals surface area contributed by atoms with E-state index < -0.39 is 0 Å². The van der Waals surface area contributed by atoms with E-state index in [1.807, 2.05) is 0 Å². The molecule has 58 valence electrons. The van der Waals surface area contributed by atoms with Gasteiger partial charge in [0.25, 0.3) is 0 Å². The highest BCUT2D eigenvalue weighted by molar-refractivity contribution is 6.30. The number of carbonyl (C=O) groups is 1. The second-order valence-corrected chi connectivity index (χ2v) is 3.41. The first-order valence-electron chi connectivity index (χ1n) is 3.64. The SMILES string of the molecule is CC(Cl)C(=O)NC1CCC1. The van der Waals surface area contributed by atoms with Gasteiger partial charge in [0.2, 0.25) is 5.91 Å². The second kappa shape index (κ2) is 3.24. The van der Waals surface area contributed by atoms with E-state index in [1.165, 1.54) is 6.42 Å². The van der Waals surface area contributed by atoms with Gasteiger partial charge < -0.3 is 5.32 Å². The van der Waals surface area contributed by atoms with E-state index in [0.717, 1.165) is 12.8 Å². The average molecular weight is 162 g/mol. The van der Waals surface area contributed by atoms with Crippen LogP contribution in [0.3, 0.4) is 0 Å². The molecule has 0 aromatic heterocycles. The van der Waals surface area contributed by atoms with Crippen LogP contribution in [-0.4, -0.2) is 17.3 Å². The second-order valence-electron chi connectivity index (χ2n) is 2.75. The van der Waals surface area contributed by atoms with Crippen LogP contribution in [0.25, 0.3) is 0 Å². The van der Waals surface area contributed by atoms with Gasteiger partial charge in [-0.05, 0) is 26.2 Å². The predicted molar refractivity (Wildman–Crippen MR) is 41.1 cm³/mol. The summed E-state index contributed by atoms with van der Waals surface area (Å²) in [5, 5.41) is 2.46. The summed E-state index contributed by atoms with van der Waals surface area (Å²) in [4.78, 5) is 10.9. The molecular weight excluding hydrogens is 150 g/mol. The van der Waals surface area contributed by atoms with Gasteiger partial charge in [-0.1, -0.05) is 0 Å². The van der Waals surface area contributed by atoms with E-state index in [-0.39, 0.29) is 11.3 Å². The molecule has 1 fully saturated rings. The van der Waals surface area contributed by atoms with Crippen molar-refractivity contribution in [2.75, 3.05) is 0 Å². The fraction of sp³-hybridized carbons (Fsp3) is 0.857. The highest BCUT2D eigenvalue weighted by Gasteiger charge is 2.20. The minimum absolute atomic E-state index is 0.0358. The van der Waals surface area contributed by atoms with Crippen LogP contribution >= 0.6 is 11.6 Å². The molecule has 0 saturated heterocycles. The molecule has 0 aromatic carbocycles. The number of amides is 1. The summed E-state index contributed by atoms with van der Waals surface area (Å²) in [7, 11) is 0. The molecule has 0 spiro atoms. The molecule has 1 rings (SSSR count). The third-order valence-electron chi connectivity index (χ3n) is 1.81. The van der Waals surface area contributed by atoms with Gasteiger partial charge in [-0.2, -0.15) is 0 Å². The van der Waals surface area contributed by atoms with Crippen molar-refractivity contribution in [2.45, 2.75) is 37.6 Å². The summed E-state index contributed by atoms with van der Waals surface area (Å²) in [6.45, 7) is 1.69. The van der Waals surface area contributed by atoms with Crippen LogP contribution < -0.4 is 5.32 Å². The van der Waals surface area contributed by atoms with Gasteiger partial charge in [0.1, 0.15) is 5.38 Å². The number of halogens is 1. The Labute approximate surface area is 65.9 Å². The Morgan fingerprint density at radius 3 is 2.60 bits per heavy atom. The monoisotopic (exact) mass is 161 g/mol. The number of carbonyl (C=O) groups excluding carboxylic acids is 1. The van der Waals surface area contributed by atoms with Gasteiger partial charge in [-0.25, -0.2) is 0 Å². The minimum atomic E-state index is -0.388. The molecule has 10 heavy (non-hydrogen) atoms. The first kappa shape index (κ1) is 7.86. The smallest absolute Gasteiger partial charge is 0.237 e. The maximum atomic E-state index is 10.9. The van der Waals surface area contributed by atoms with E-state index in [2.05, 4.69) is 5.32 Å². The molecular formula is C7H12ClNO. The third-order valence-corrected chi connectivity index (χ3v) is 2.01. The Hall–Kier alpha value is -0.240. The minimum Gasteiger partial charge on any atom is -0.352 e. The molecule has 3 heteroatoms. The molecule has 0 radical (unpaired) electrons. The van der Waals surface area contributed by atoms with Crippen molar-refractivity contribution in [3.05, 3.63) is 0 Å². The molecule has 0 heterocycles. The number of alkyl halides is 1. The average Bonchev–Trinajstić information content (AvgIpc) is 1.77. The molecule has 1 amide bonds. The van der Waals surface area contributed by atoms with Crippen LogP contribution in [0.5, 0.6) is 0 Å². The molecule has 2 nitrogen and oxygen atoms in total. The zero-order chi connectivity index (χ0) is 7.56. The van der Waals surface area contributed by atoms with Gasteiger partial charge in [0.15, 0.2) is 0 Å². The van der Waals surface area contributed by atoms with Gasteiger partial charge in [0.05, 0.1) is 0 Å². The first-order chi connectivity index (χ1) is 4.70. The number of rotatable bonds is 2. The standard InChI is InChI=1S/C7H12ClNO/c1-5(8)7(10)9-6-3-2-4-6/h5-6H,2-4H2,1H3,(H,9,10). The van der Waals surface area contributed by atoms with Crippen molar-refractivity contribution >= 4 is 17.5 Å². The fourth-order valence-electron chi connectivity index (χ4n) is 0.869. The van der Waals surface area contributed by atoms with Gasteiger partial charge in [-0.15, -0.1) is 11.6 Å². The van der Waals surface area contributed by atoms with E-state index in [0.29, 0.717) is 6.04 Å². The van der Waals surface area contributed by atoms with Gasteiger partial charge in [-0.3, -0.25) is 4.79 Å². The lowest BCUT2D eigenvalue weighted by Gasteiger charge is -2.26. The van der Waals surface area contributed by atoms with Crippen LogP contribution in [0.1, 0.15) is 26.2 Å². The number of hydrogen-bond acceptors (Lipinski definition) is 1. The van der Waals surface area contributed by atoms with Crippen molar-refractivity contribution in [3.63, 3.8) is 0 Å². The Kier molecular flexibility index (Phi) is 2.55. The van der Waals surface area contributed by atoms with Crippen molar-refractivity contribution < 1.29 is 4.79 Å². The van der Waals surface area contributed by atoms with Crippen molar-refractivity contribution in [1.82, 2.24) is 5.32 Å². The molecule has 1 atom stereocenters. The lowest BCUT2D eigenvalue weighted by atomic mass is 9.93. The number of hydrogen-bond donors (Lipinski definition) is 1. The van der Waals surface area contributed by atoms with E-state index in [9.17, 15) is 4.79 Å². The quantitative estimate of drug-likeness (QED) is 0.608. The van der Waals surface area contributed by atoms with E-state index >= 15 is 0 Å². The van der Waals surface area contributed by atoms with E-state index in [1.54, 1.807) is 6.92 Å². The van der Waals surface area contributed by atoms with Crippen molar-refractivity contribution in [3.8, 4) is 0 Å². The van der Waals surface area contributed by atoms with Gasteiger partial charge >= 0.3 is 0 Å². The number of nitrogens with one attached hydrogen (secondary N) is 1. The highest BCUT2D eigenvalue weighted by Crippen LogP contribution is 2.18. The molecule has 0 aromatic rings. The van der Waals surface area contributed by atoms with Crippen LogP contribution in [-0.2, 0) is 4.79 Å². The van der Waals surface area contributed by atoms with Crippen molar-refractivity contribution in [2.24, 2.45) is 0 Å². The third kappa shape index (κ3) is 1.87. The van der Waals surface area contributed by atoms with Crippen LogP contribution in [0.2, 0.25) is 0 Å². The fourth-order valence-corrected chi connectivity index (χ4v) is 0.932. The summed E-state index contributed by atoms with van der Waals surface area (Å²) >= 11 is 5.54. The Morgan fingerprint density at radius 1 is 1.70 bits per heavy atom. The Balaban J connectivity index is 2.17. The highest BCUT2D eigenvalue weighted by atomic mass is 35.5. The largest absolute Gasteiger partial charge is 0.352 e. The molecule has 1 N–H and O–H groups in total. The molecule has 1 aliphatic rings. The molecule has 1 unspecified atom stereocenters. The molecule has 0 bridgehead atoms. The first-order valence-corrected chi connectivity index (χ1v) is 4.08. The molecule has 0 aliphatic heterocycles. The maximum Gasteiger partial charge on any atom is 0.237 e.